The molecule has 2 atom stereocenters. The predicted molar refractivity (Wildman–Crippen MR) is 77.3 cm³/mol. The van der Waals surface area contributed by atoms with E-state index in [1.165, 1.54) is 12.0 Å². The molecule has 1 fully saturated rings. The first kappa shape index (κ1) is 13.7. The van der Waals surface area contributed by atoms with Crippen LogP contribution in [0.25, 0.3) is 0 Å². The molecular weight excluding hydrogens is 254 g/mol. The molecule has 2 aliphatic rings. The normalized spacial score (nSPS) is 23.8. The summed E-state index contributed by atoms with van der Waals surface area (Å²) < 4.78 is 11.2. The van der Waals surface area contributed by atoms with E-state index in [4.69, 9.17) is 9.47 Å². The lowest BCUT2D eigenvalue weighted by molar-refractivity contribution is 0.102. The number of rotatable bonds is 4. The van der Waals surface area contributed by atoms with E-state index in [9.17, 15) is 5.11 Å². The number of hydrogen-bond donors (Lipinski definition) is 1. The standard InChI is InChI=1S/C16H23NO3/c1-2-13(18)11-17-7-3-4-14(17)12-5-6-15-16(10-12)20-9-8-19-15/h5-6,10,13-14,18H,2-4,7-9,11H2,1H3. The van der Waals surface area contributed by atoms with Crippen molar-refractivity contribution in [2.75, 3.05) is 26.3 Å². The van der Waals surface area contributed by atoms with Gasteiger partial charge in [-0.15, -0.1) is 0 Å². The summed E-state index contributed by atoms with van der Waals surface area (Å²) in [5, 5.41) is 9.89. The number of fused-ring (bicyclic) bond motifs is 1. The second kappa shape index (κ2) is 6.02. The molecule has 0 amide bonds. The second-order valence-corrected chi connectivity index (χ2v) is 5.62. The first-order chi connectivity index (χ1) is 9.78. The molecule has 3 rings (SSSR count). The van der Waals surface area contributed by atoms with Crippen molar-refractivity contribution >= 4 is 0 Å². The van der Waals surface area contributed by atoms with Gasteiger partial charge in [0.1, 0.15) is 13.2 Å². The highest BCUT2D eigenvalue weighted by atomic mass is 16.6. The second-order valence-electron chi connectivity index (χ2n) is 5.62. The minimum absolute atomic E-state index is 0.229. The summed E-state index contributed by atoms with van der Waals surface area (Å²) in [4.78, 5) is 2.39. The van der Waals surface area contributed by atoms with Gasteiger partial charge in [0.25, 0.3) is 0 Å². The minimum Gasteiger partial charge on any atom is -0.486 e. The third-order valence-electron chi connectivity index (χ3n) is 4.23. The fraction of sp³-hybridized carbons (Fsp3) is 0.625. The summed E-state index contributed by atoms with van der Waals surface area (Å²) in [7, 11) is 0. The van der Waals surface area contributed by atoms with Crippen LogP contribution in [-0.4, -0.2) is 42.4 Å². The molecule has 20 heavy (non-hydrogen) atoms. The van der Waals surface area contributed by atoms with Crippen molar-refractivity contribution in [2.45, 2.75) is 38.3 Å². The Morgan fingerprint density at radius 2 is 2.10 bits per heavy atom. The Labute approximate surface area is 120 Å². The SMILES string of the molecule is CCC(O)CN1CCCC1c1ccc2c(c1)OCCO2. The van der Waals surface area contributed by atoms with Gasteiger partial charge in [0.15, 0.2) is 11.5 Å². The lowest BCUT2D eigenvalue weighted by Gasteiger charge is -2.28. The fourth-order valence-corrected chi connectivity index (χ4v) is 3.09. The van der Waals surface area contributed by atoms with E-state index in [-0.39, 0.29) is 6.10 Å². The van der Waals surface area contributed by atoms with Crippen LogP contribution in [0.4, 0.5) is 0 Å². The van der Waals surface area contributed by atoms with Crippen LogP contribution in [-0.2, 0) is 0 Å². The Kier molecular flexibility index (Phi) is 4.13. The van der Waals surface area contributed by atoms with Crippen molar-refractivity contribution in [3.05, 3.63) is 23.8 Å². The van der Waals surface area contributed by atoms with Crippen LogP contribution in [0.1, 0.15) is 37.8 Å². The molecule has 1 aromatic rings. The van der Waals surface area contributed by atoms with E-state index in [2.05, 4.69) is 17.0 Å². The van der Waals surface area contributed by atoms with Crippen LogP contribution in [0.3, 0.4) is 0 Å². The van der Waals surface area contributed by atoms with E-state index >= 15 is 0 Å². The number of benzene rings is 1. The monoisotopic (exact) mass is 277 g/mol. The lowest BCUT2D eigenvalue weighted by Crippen LogP contribution is -2.31. The maximum Gasteiger partial charge on any atom is 0.161 e. The van der Waals surface area contributed by atoms with Crippen molar-refractivity contribution in [2.24, 2.45) is 0 Å². The molecule has 4 nitrogen and oxygen atoms in total. The van der Waals surface area contributed by atoms with Gasteiger partial charge < -0.3 is 14.6 Å². The number of hydrogen-bond acceptors (Lipinski definition) is 4. The summed E-state index contributed by atoms with van der Waals surface area (Å²) in [5.74, 6) is 1.70. The van der Waals surface area contributed by atoms with E-state index in [1.54, 1.807) is 0 Å². The maximum absolute atomic E-state index is 9.89. The van der Waals surface area contributed by atoms with Gasteiger partial charge in [0.2, 0.25) is 0 Å². The topological polar surface area (TPSA) is 41.9 Å². The predicted octanol–water partition coefficient (Wildman–Crippen LogP) is 2.37. The largest absolute Gasteiger partial charge is 0.486 e. The Balaban J connectivity index is 1.77. The van der Waals surface area contributed by atoms with Crippen LogP contribution in [0.15, 0.2) is 18.2 Å². The van der Waals surface area contributed by atoms with Crippen LogP contribution in [0, 0.1) is 0 Å². The Morgan fingerprint density at radius 3 is 2.90 bits per heavy atom. The molecule has 0 aliphatic carbocycles. The molecule has 1 N–H and O–H groups in total. The molecule has 0 saturated carbocycles. The van der Waals surface area contributed by atoms with E-state index < -0.39 is 0 Å². The lowest BCUT2D eigenvalue weighted by atomic mass is 10.0. The van der Waals surface area contributed by atoms with Crippen molar-refractivity contribution < 1.29 is 14.6 Å². The first-order valence-electron chi connectivity index (χ1n) is 7.59. The quantitative estimate of drug-likeness (QED) is 0.917. The highest BCUT2D eigenvalue weighted by molar-refractivity contribution is 5.44. The summed E-state index contributed by atoms with van der Waals surface area (Å²) in [6, 6.07) is 6.65. The molecule has 4 heteroatoms. The molecule has 110 valence electrons. The first-order valence-corrected chi connectivity index (χ1v) is 7.59. The van der Waals surface area contributed by atoms with Gasteiger partial charge >= 0.3 is 0 Å². The molecule has 2 heterocycles. The van der Waals surface area contributed by atoms with Crippen LogP contribution in [0.5, 0.6) is 11.5 Å². The number of nitrogens with zero attached hydrogens (tertiary/aromatic N) is 1. The van der Waals surface area contributed by atoms with Gasteiger partial charge in [-0.3, -0.25) is 4.90 Å². The zero-order valence-corrected chi connectivity index (χ0v) is 12.0. The van der Waals surface area contributed by atoms with Gasteiger partial charge in [-0.05, 0) is 43.5 Å². The number of likely N-dealkylation sites (tertiary alicyclic amines) is 1. The summed E-state index contributed by atoms with van der Waals surface area (Å²) in [5.41, 5.74) is 1.27. The van der Waals surface area contributed by atoms with Crippen molar-refractivity contribution in [1.82, 2.24) is 4.90 Å². The molecule has 1 saturated heterocycles. The average molecular weight is 277 g/mol. The van der Waals surface area contributed by atoms with Crippen LogP contribution < -0.4 is 9.47 Å². The third-order valence-corrected chi connectivity index (χ3v) is 4.23. The minimum atomic E-state index is -0.229. The zero-order valence-electron chi connectivity index (χ0n) is 12.0. The molecule has 0 bridgehead atoms. The molecule has 0 radical (unpaired) electrons. The number of aliphatic hydroxyl groups is 1. The van der Waals surface area contributed by atoms with Crippen LogP contribution >= 0.6 is 0 Å². The fourth-order valence-electron chi connectivity index (χ4n) is 3.09. The van der Waals surface area contributed by atoms with Crippen LogP contribution in [0.2, 0.25) is 0 Å². The van der Waals surface area contributed by atoms with E-state index in [0.717, 1.165) is 37.4 Å². The van der Waals surface area contributed by atoms with E-state index in [1.807, 2.05) is 13.0 Å². The number of aliphatic hydroxyl groups excluding tert-OH is 1. The van der Waals surface area contributed by atoms with Gasteiger partial charge in [-0.25, -0.2) is 0 Å². The molecule has 1 aromatic carbocycles. The third kappa shape index (κ3) is 2.76. The summed E-state index contributed by atoms with van der Waals surface area (Å²) in [6.07, 6.45) is 2.92. The highest BCUT2D eigenvalue weighted by Crippen LogP contribution is 2.38. The van der Waals surface area contributed by atoms with Crippen molar-refractivity contribution in [3.8, 4) is 11.5 Å². The highest BCUT2D eigenvalue weighted by Gasteiger charge is 2.28. The Hall–Kier alpha value is -1.26. The van der Waals surface area contributed by atoms with Gasteiger partial charge in [-0.1, -0.05) is 13.0 Å². The van der Waals surface area contributed by atoms with Crippen molar-refractivity contribution in [1.29, 1.82) is 0 Å². The summed E-state index contributed by atoms with van der Waals surface area (Å²) in [6.45, 7) is 5.11. The molecule has 0 aromatic heterocycles. The molecular formula is C16H23NO3. The molecule has 2 unspecified atom stereocenters. The van der Waals surface area contributed by atoms with Gasteiger partial charge in [0.05, 0.1) is 6.10 Å². The van der Waals surface area contributed by atoms with Crippen molar-refractivity contribution in [3.63, 3.8) is 0 Å². The average Bonchev–Trinajstić information content (AvgIpc) is 2.94. The van der Waals surface area contributed by atoms with Gasteiger partial charge in [-0.2, -0.15) is 0 Å². The number of ether oxygens (including phenoxy) is 2. The van der Waals surface area contributed by atoms with Gasteiger partial charge in [0, 0.05) is 12.6 Å². The molecule has 2 aliphatic heterocycles. The van der Waals surface area contributed by atoms with E-state index in [0.29, 0.717) is 19.3 Å². The number of β-amino-alcohol motifs (C(OH)–C–C–N with tert-alkyl or cyclic N) is 1. The summed E-state index contributed by atoms with van der Waals surface area (Å²) >= 11 is 0. The maximum atomic E-state index is 9.89. The smallest absolute Gasteiger partial charge is 0.161 e. The Bertz CT molecular complexity index is 463. The zero-order chi connectivity index (χ0) is 13.9. The Morgan fingerprint density at radius 1 is 1.30 bits per heavy atom. The molecule has 0 spiro atoms.